The van der Waals surface area contributed by atoms with Crippen molar-refractivity contribution in [3.63, 3.8) is 0 Å². The summed E-state index contributed by atoms with van der Waals surface area (Å²) in [5, 5.41) is 8.66. The number of carbonyl (C=O) groups is 2. The van der Waals surface area contributed by atoms with Gasteiger partial charge in [0.1, 0.15) is 5.75 Å². The Morgan fingerprint density at radius 2 is 1.67 bits per heavy atom. The number of benzene rings is 2. The van der Waals surface area contributed by atoms with Gasteiger partial charge in [-0.25, -0.2) is 0 Å². The molecule has 0 bridgehead atoms. The van der Waals surface area contributed by atoms with Crippen LogP contribution in [0.5, 0.6) is 5.75 Å². The number of para-hydroxylation sites is 1. The number of nitrogens with zero attached hydrogens (tertiary/aromatic N) is 1. The smallest absolute Gasteiger partial charge is 0.303 e. The molecule has 0 saturated heterocycles. The third-order valence-electron chi connectivity index (χ3n) is 4.82. The summed E-state index contributed by atoms with van der Waals surface area (Å²) in [4.78, 5) is 24.6. The highest BCUT2D eigenvalue weighted by molar-refractivity contribution is 5.76. The van der Waals surface area contributed by atoms with Crippen LogP contribution in [0.1, 0.15) is 44.2 Å². The molecule has 1 unspecified atom stereocenters. The van der Waals surface area contributed by atoms with Crippen LogP contribution in [0.3, 0.4) is 0 Å². The minimum Gasteiger partial charge on any atom is -0.496 e. The first-order chi connectivity index (χ1) is 12.9. The van der Waals surface area contributed by atoms with E-state index < -0.39 is 5.97 Å². The molecule has 0 aliphatic carbocycles. The Labute approximate surface area is 160 Å². The van der Waals surface area contributed by atoms with Crippen molar-refractivity contribution in [2.24, 2.45) is 0 Å². The zero-order valence-corrected chi connectivity index (χ0v) is 16.1. The lowest BCUT2D eigenvalue weighted by molar-refractivity contribution is -0.137. The fourth-order valence-corrected chi connectivity index (χ4v) is 2.99. The molecule has 2 aromatic carbocycles. The van der Waals surface area contributed by atoms with Gasteiger partial charge in [-0.15, -0.1) is 0 Å². The summed E-state index contributed by atoms with van der Waals surface area (Å²) in [6.45, 7) is 1.99. The number of hydrogen-bond acceptors (Lipinski definition) is 3. The number of ether oxygens (including phenoxy) is 1. The van der Waals surface area contributed by atoms with Crippen LogP contribution < -0.4 is 4.74 Å². The lowest BCUT2D eigenvalue weighted by Crippen LogP contribution is -2.29. The van der Waals surface area contributed by atoms with Crippen LogP contribution in [-0.4, -0.2) is 36.0 Å². The van der Waals surface area contributed by atoms with Crippen molar-refractivity contribution in [2.45, 2.75) is 38.6 Å². The van der Waals surface area contributed by atoms with Gasteiger partial charge in [-0.3, -0.25) is 9.59 Å². The summed E-state index contributed by atoms with van der Waals surface area (Å²) >= 11 is 0. The van der Waals surface area contributed by atoms with Crippen molar-refractivity contribution in [3.05, 3.63) is 54.1 Å². The predicted molar refractivity (Wildman–Crippen MR) is 106 cm³/mol. The van der Waals surface area contributed by atoms with E-state index in [0.717, 1.165) is 22.4 Å². The van der Waals surface area contributed by atoms with E-state index in [4.69, 9.17) is 9.84 Å². The number of methoxy groups -OCH3 is 1. The molecule has 1 amide bonds. The van der Waals surface area contributed by atoms with Gasteiger partial charge in [0.25, 0.3) is 0 Å². The molecule has 1 N–H and O–H groups in total. The Kier molecular flexibility index (Phi) is 7.41. The van der Waals surface area contributed by atoms with Crippen LogP contribution in [0.2, 0.25) is 0 Å². The number of unbranched alkanes of at least 4 members (excludes halogenated alkanes) is 1. The highest BCUT2D eigenvalue weighted by atomic mass is 16.5. The van der Waals surface area contributed by atoms with Crippen molar-refractivity contribution < 1.29 is 19.4 Å². The molecule has 0 aliphatic heterocycles. The maximum atomic E-state index is 12.3. The Morgan fingerprint density at radius 1 is 1.04 bits per heavy atom. The highest BCUT2D eigenvalue weighted by Crippen LogP contribution is 2.31. The average Bonchev–Trinajstić information content (AvgIpc) is 2.69. The van der Waals surface area contributed by atoms with Crippen LogP contribution in [0.25, 0.3) is 11.1 Å². The van der Waals surface area contributed by atoms with E-state index in [9.17, 15) is 9.59 Å². The summed E-state index contributed by atoms with van der Waals surface area (Å²) in [6.07, 6.45) is 1.59. The van der Waals surface area contributed by atoms with E-state index in [-0.39, 0.29) is 18.4 Å². The number of carboxylic acids is 1. The number of rotatable bonds is 9. The van der Waals surface area contributed by atoms with Gasteiger partial charge in [-0.05, 0) is 37.0 Å². The van der Waals surface area contributed by atoms with Gasteiger partial charge in [0.15, 0.2) is 0 Å². The first kappa shape index (κ1) is 20.5. The van der Waals surface area contributed by atoms with E-state index in [0.29, 0.717) is 19.3 Å². The fraction of sp³-hybridized carbons (Fsp3) is 0.364. The van der Waals surface area contributed by atoms with Gasteiger partial charge >= 0.3 is 5.97 Å². The van der Waals surface area contributed by atoms with Gasteiger partial charge in [-0.2, -0.15) is 0 Å². The third-order valence-corrected chi connectivity index (χ3v) is 4.82. The van der Waals surface area contributed by atoms with Crippen LogP contribution in [0, 0.1) is 0 Å². The molecule has 5 nitrogen and oxygen atoms in total. The minimum atomic E-state index is -0.820. The van der Waals surface area contributed by atoms with E-state index in [1.54, 1.807) is 19.1 Å². The number of amides is 1. The molecular formula is C22H27NO4. The number of carboxylic acid groups (broad SMARTS) is 1. The molecule has 2 rings (SSSR count). The molecule has 5 heteroatoms. The molecule has 0 aromatic heterocycles. The first-order valence-electron chi connectivity index (χ1n) is 9.15. The number of hydrogen-bond donors (Lipinski definition) is 1. The summed E-state index contributed by atoms with van der Waals surface area (Å²) in [5.41, 5.74) is 3.14. The van der Waals surface area contributed by atoms with Gasteiger partial charge in [0, 0.05) is 25.5 Å². The lowest BCUT2D eigenvalue weighted by Gasteiger charge is -2.25. The normalized spacial score (nSPS) is 11.7. The van der Waals surface area contributed by atoms with E-state index in [2.05, 4.69) is 0 Å². The SMILES string of the molecule is COc1ccccc1-c1ccc(C(C)N(C)C(=O)CCCCC(=O)O)cc1. The lowest BCUT2D eigenvalue weighted by atomic mass is 10.00. The van der Waals surface area contributed by atoms with Crippen LogP contribution >= 0.6 is 0 Å². The van der Waals surface area contributed by atoms with Gasteiger partial charge < -0.3 is 14.7 Å². The second-order valence-corrected chi connectivity index (χ2v) is 6.60. The quantitative estimate of drug-likeness (QED) is 0.660. The molecule has 1 atom stereocenters. The van der Waals surface area contributed by atoms with Crippen LogP contribution in [0.15, 0.2) is 48.5 Å². The van der Waals surface area contributed by atoms with Crippen molar-refractivity contribution in [2.75, 3.05) is 14.2 Å². The maximum absolute atomic E-state index is 12.3. The van der Waals surface area contributed by atoms with Gasteiger partial charge in [0.05, 0.1) is 13.2 Å². The molecule has 0 saturated carbocycles. The van der Waals surface area contributed by atoms with Gasteiger partial charge in [0.2, 0.25) is 5.91 Å². The van der Waals surface area contributed by atoms with Crippen molar-refractivity contribution in [1.82, 2.24) is 4.90 Å². The van der Waals surface area contributed by atoms with Crippen molar-refractivity contribution in [3.8, 4) is 16.9 Å². The molecule has 0 spiro atoms. The zero-order valence-electron chi connectivity index (χ0n) is 16.1. The molecule has 144 valence electrons. The standard InChI is InChI=1S/C22H27NO4/c1-16(23(2)21(24)10-6-7-11-22(25)26)17-12-14-18(15-13-17)19-8-4-5-9-20(19)27-3/h4-5,8-9,12-16H,6-7,10-11H2,1-3H3,(H,25,26). The minimum absolute atomic E-state index is 0.0293. The Hall–Kier alpha value is -2.82. The number of aliphatic carboxylic acids is 1. The summed E-state index contributed by atoms with van der Waals surface area (Å²) in [6, 6.07) is 15.9. The van der Waals surface area contributed by atoms with E-state index in [1.807, 2.05) is 55.5 Å². The van der Waals surface area contributed by atoms with Gasteiger partial charge in [-0.1, -0.05) is 42.5 Å². The molecule has 0 heterocycles. The molecule has 27 heavy (non-hydrogen) atoms. The highest BCUT2D eigenvalue weighted by Gasteiger charge is 2.17. The summed E-state index contributed by atoms with van der Waals surface area (Å²) in [5.74, 6) is 0.0351. The van der Waals surface area contributed by atoms with E-state index >= 15 is 0 Å². The molecule has 0 radical (unpaired) electrons. The second-order valence-electron chi connectivity index (χ2n) is 6.60. The monoisotopic (exact) mass is 369 g/mol. The Balaban J connectivity index is 2.01. The fourth-order valence-electron chi connectivity index (χ4n) is 2.99. The second kappa shape index (κ2) is 9.76. The third kappa shape index (κ3) is 5.58. The summed E-state index contributed by atoms with van der Waals surface area (Å²) < 4.78 is 5.42. The zero-order chi connectivity index (χ0) is 19.8. The first-order valence-corrected chi connectivity index (χ1v) is 9.15. The Morgan fingerprint density at radius 3 is 2.30 bits per heavy atom. The average molecular weight is 369 g/mol. The van der Waals surface area contributed by atoms with E-state index in [1.165, 1.54) is 0 Å². The predicted octanol–water partition coefficient (Wildman–Crippen LogP) is 4.53. The van der Waals surface area contributed by atoms with Crippen molar-refractivity contribution in [1.29, 1.82) is 0 Å². The molecule has 0 aliphatic rings. The molecular weight excluding hydrogens is 342 g/mol. The Bertz CT molecular complexity index is 770. The topological polar surface area (TPSA) is 66.8 Å². The molecule has 2 aromatic rings. The van der Waals surface area contributed by atoms with Crippen LogP contribution in [0.4, 0.5) is 0 Å². The van der Waals surface area contributed by atoms with Crippen LogP contribution in [-0.2, 0) is 9.59 Å². The molecule has 0 fully saturated rings. The summed E-state index contributed by atoms with van der Waals surface area (Å²) in [7, 11) is 3.45. The largest absolute Gasteiger partial charge is 0.496 e. The van der Waals surface area contributed by atoms with Crippen molar-refractivity contribution >= 4 is 11.9 Å². The number of carbonyl (C=O) groups excluding carboxylic acids is 1. The maximum Gasteiger partial charge on any atom is 0.303 e.